The fraction of sp³-hybridized carbons (Fsp3) is 0.756. The van der Waals surface area contributed by atoms with Gasteiger partial charge in [-0.15, -0.1) is 0 Å². The van der Waals surface area contributed by atoms with Gasteiger partial charge in [0.25, 0.3) is 0 Å². The van der Waals surface area contributed by atoms with Crippen molar-refractivity contribution in [2.45, 2.75) is 181 Å². The molecule has 0 aromatic carbocycles. The Morgan fingerprint density at radius 1 is 0.540 bits per heavy atom. The topological polar surface area (TPSA) is 108 Å². The second-order valence-corrected chi connectivity index (χ2v) is 14.4. The van der Waals surface area contributed by atoms with Crippen molar-refractivity contribution in [1.29, 1.82) is 0 Å². The summed E-state index contributed by atoms with van der Waals surface area (Å²) < 4.78 is 32.5. The molecule has 0 aromatic heterocycles. The van der Waals surface area contributed by atoms with E-state index < -0.39 is 26.5 Å². The number of phosphoric ester groups is 1. The van der Waals surface area contributed by atoms with Gasteiger partial charge in [-0.25, -0.2) is 4.57 Å². The molecular formula is C41H73O8P. The van der Waals surface area contributed by atoms with Crippen molar-refractivity contribution in [3.63, 3.8) is 0 Å². The highest BCUT2D eigenvalue weighted by Gasteiger charge is 2.25. The van der Waals surface area contributed by atoms with Gasteiger partial charge >= 0.3 is 19.8 Å². The summed E-state index contributed by atoms with van der Waals surface area (Å²) in [7, 11) is -4.28. The van der Waals surface area contributed by atoms with Crippen LogP contribution in [0.1, 0.15) is 175 Å². The van der Waals surface area contributed by atoms with Gasteiger partial charge in [0, 0.05) is 12.8 Å². The smallest absolute Gasteiger partial charge is 0.462 e. The fourth-order valence-electron chi connectivity index (χ4n) is 5.16. The van der Waals surface area contributed by atoms with Crippen LogP contribution in [0.5, 0.6) is 0 Å². The zero-order valence-corrected chi connectivity index (χ0v) is 32.9. The molecule has 0 rings (SSSR count). The van der Waals surface area contributed by atoms with Gasteiger partial charge in [-0.05, 0) is 84.0 Å². The number of esters is 2. The second-order valence-electron chi connectivity index (χ2n) is 12.9. The summed E-state index contributed by atoms with van der Waals surface area (Å²) in [5, 5.41) is 0. The number of carbonyl (C=O) groups excluding carboxylic acids is 2. The summed E-state index contributed by atoms with van der Waals surface area (Å²) in [6.07, 6.45) is 41.5. The van der Waals surface area contributed by atoms with E-state index in [2.05, 4.69) is 62.5 Å². The van der Waals surface area contributed by atoms with Gasteiger partial charge < -0.3 is 14.4 Å². The zero-order valence-electron chi connectivity index (χ0n) is 32.0. The first-order valence-electron chi connectivity index (χ1n) is 19.9. The lowest BCUT2D eigenvalue weighted by molar-refractivity contribution is -0.161. The minimum atomic E-state index is -4.28. The molecule has 50 heavy (non-hydrogen) atoms. The van der Waals surface area contributed by atoms with Gasteiger partial charge in [0.1, 0.15) is 6.61 Å². The summed E-state index contributed by atoms with van der Waals surface area (Å²) in [5.74, 6) is -0.833. The third kappa shape index (κ3) is 35.8. The Morgan fingerprint density at radius 3 is 1.42 bits per heavy atom. The van der Waals surface area contributed by atoms with Crippen molar-refractivity contribution in [2.75, 3.05) is 19.8 Å². The van der Waals surface area contributed by atoms with Crippen LogP contribution in [0.4, 0.5) is 0 Å². The van der Waals surface area contributed by atoms with Gasteiger partial charge in [-0.2, -0.15) is 0 Å². The van der Waals surface area contributed by atoms with Crippen molar-refractivity contribution in [1.82, 2.24) is 0 Å². The third-order valence-corrected chi connectivity index (χ3v) is 9.17. The summed E-state index contributed by atoms with van der Waals surface area (Å²) in [6.45, 7) is 5.37. The van der Waals surface area contributed by atoms with Crippen LogP contribution >= 0.6 is 7.82 Å². The first-order chi connectivity index (χ1) is 24.3. The Hall–Kier alpha value is -1.99. The van der Waals surface area contributed by atoms with E-state index in [4.69, 9.17) is 18.5 Å². The lowest BCUT2D eigenvalue weighted by atomic mass is 10.1. The van der Waals surface area contributed by atoms with Crippen molar-refractivity contribution in [3.05, 3.63) is 48.6 Å². The predicted molar refractivity (Wildman–Crippen MR) is 207 cm³/mol. The van der Waals surface area contributed by atoms with Crippen molar-refractivity contribution in [2.24, 2.45) is 0 Å². The number of phosphoric acid groups is 1. The normalized spacial score (nSPS) is 13.9. The van der Waals surface area contributed by atoms with Crippen molar-refractivity contribution in [3.8, 4) is 0 Å². The highest BCUT2D eigenvalue weighted by molar-refractivity contribution is 7.47. The largest absolute Gasteiger partial charge is 0.472 e. The molecule has 0 aliphatic heterocycles. The molecule has 2 unspecified atom stereocenters. The highest BCUT2D eigenvalue weighted by Crippen LogP contribution is 2.43. The molecule has 0 heterocycles. The Balaban J connectivity index is 4.19. The predicted octanol–water partition coefficient (Wildman–Crippen LogP) is 12.2. The first kappa shape index (κ1) is 48.0. The molecule has 1 N–H and O–H groups in total. The molecule has 0 bridgehead atoms. The van der Waals surface area contributed by atoms with Crippen LogP contribution in [0.25, 0.3) is 0 Å². The van der Waals surface area contributed by atoms with E-state index in [1.54, 1.807) is 6.92 Å². The Morgan fingerprint density at radius 2 is 0.960 bits per heavy atom. The summed E-state index contributed by atoms with van der Waals surface area (Å²) >= 11 is 0. The lowest BCUT2D eigenvalue weighted by Gasteiger charge is -2.19. The van der Waals surface area contributed by atoms with Crippen LogP contribution in [0.15, 0.2) is 48.6 Å². The molecule has 9 heteroatoms. The number of ether oxygens (including phenoxy) is 2. The average Bonchev–Trinajstić information content (AvgIpc) is 3.09. The monoisotopic (exact) mass is 725 g/mol. The van der Waals surface area contributed by atoms with Crippen LogP contribution in [0.2, 0.25) is 0 Å². The maximum atomic E-state index is 12.5. The Bertz CT molecular complexity index is 958. The van der Waals surface area contributed by atoms with Crippen molar-refractivity contribution >= 4 is 19.8 Å². The lowest BCUT2D eigenvalue weighted by Crippen LogP contribution is -2.29. The van der Waals surface area contributed by atoms with E-state index in [0.717, 1.165) is 83.5 Å². The Kier molecular flexibility index (Phi) is 35.3. The van der Waals surface area contributed by atoms with E-state index in [9.17, 15) is 19.0 Å². The van der Waals surface area contributed by atoms with Gasteiger partial charge in [-0.3, -0.25) is 18.6 Å². The van der Waals surface area contributed by atoms with Gasteiger partial charge in [0.2, 0.25) is 0 Å². The van der Waals surface area contributed by atoms with Crippen LogP contribution in [0.3, 0.4) is 0 Å². The van der Waals surface area contributed by atoms with E-state index in [1.165, 1.54) is 51.4 Å². The van der Waals surface area contributed by atoms with E-state index in [-0.39, 0.29) is 32.0 Å². The molecule has 0 spiro atoms. The van der Waals surface area contributed by atoms with E-state index >= 15 is 0 Å². The molecule has 290 valence electrons. The number of carbonyl (C=O) groups is 2. The molecule has 0 fully saturated rings. The molecule has 0 amide bonds. The molecule has 2 atom stereocenters. The molecular weight excluding hydrogens is 651 g/mol. The van der Waals surface area contributed by atoms with E-state index in [1.807, 2.05) is 0 Å². The van der Waals surface area contributed by atoms with Crippen LogP contribution in [-0.2, 0) is 32.7 Å². The summed E-state index contributed by atoms with van der Waals surface area (Å²) in [4.78, 5) is 34.6. The van der Waals surface area contributed by atoms with Gasteiger partial charge in [0.15, 0.2) is 6.10 Å². The van der Waals surface area contributed by atoms with Crippen LogP contribution in [0, 0.1) is 0 Å². The summed E-state index contributed by atoms with van der Waals surface area (Å²) in [5.41, 5.74) is 0. The number of hydrogen-bond acceptors (Lipinski definition) is 7. The number of unbranched alkanes of at least 4 members (excludes halogenated alkanes) is 16. The molecule has 0 radical (unpaired) electrons. The minimum Gasteiger partial charge on any atom is -0.462 e. The molecule has 0 saturated carbocycles. The van der Waals surface area contributed by atoms with Crippen molar-refractivity contribution < 1.29 is 37.6 Å². The zero-order chi connectivity index (χ0) is 36.8. The third-order valence-electron chi connectivity index (χ3n) is 8.11. The molecule has 0 aromatic rings. The highest BCUT2D eigenvalue weighted by atomic mass is 31.2. The minimum absolute atomic E-state index is 0.00635. The number of rotatable bonds is 36. The fourth-order valence-corrected chi connectivity index (χ4v) is 5.91. The van der Waals surface area contributed by atoms with Gasteiger partial charge in [0.05, 0.1) is 13.2 Å². The quantitative estimate of drug-likeness (QED) is 0.0294. The average molecular weight is 725 g/mol. The van der Waals surface area contributed by atoms with E-state index in [0.29, 0.717) is 6.42 Å². The SMILES string of the molecule is CCCCC/C=C\C/C=C\CCCCCCCC(=O)OCC(COP(=O)(O)OCC)OC(=O)CCCCCCC/C=C\C/C=C\CCCCC. The maximum absolute atomic E-state index is 12.5. The summed E-state index contributed by atoms with van der Waals surface area (Å²) in [6, 6.07) is 0. The molecule has 0 saturated heterocycles. The Labute approximate surface area is 306 Å². The van der Waals surface area contributed by atoms with Crippen LogP contribution in [-0.4, -0.2) is 42.8 Å². The maximum Gasteiger partial charge on any atom is 0.472 e. The molecule has 8 nitrogen and oxygen atoms in total. The van der Waals surface area contributed by atoms with Crippen LogP contribution < -0.4 is 0 Å². The standard InChI is InChI=1S/C41H73O8P/c1-4-7-9-11-13-15-17-19-21-23-25-27-29-31-33-35-40(42)46-37-39(38-48-50(44,45)47-6-3)49-41(43)36-34-32-30-28-26-24-22-20-18-16-14-12-10-8-5-2/h13-16,19-22,39H,4-12,17-18,23-38H2,1-3H3,(H,44,45)/b15-13-,16-14-,21-19-,22-20-. The first-order valence-corrected chi connectivity index (χ1v) is 21.4. The second kappa shape index (κ2) is 36.8. The molecule has 0 aliphatic rings. The number of allylic oxidation sites excluding steroid dienone is 8. The number of hydrogen-bond donors (Lipinski definition) is 1. The molecule has 0 aliphatic carbocycles. The van der Waals surface area contributed by atoms with Gasteiger partial charge in [-0.1, -0.05) is 127 Å².